The molecule has 9 nitrogen and oxygen atoms in total. The van der Waals surface area contributed by atoms with Crippen molar-refractivity contribution >= 4 is 29.0 Å². The van der Waals surface area contributed by atoms with E-state index in [1.807, 2.05) is 0 Å². The molecule has 3 rings (SSSR count). The van der Waals surface area contributed by atoms with E-state index in [2.05, 4.69) is 5.32 Å². The summed E-state index contributed by atoms with van der Waals surface area (Å²) in [6.07, 6.45) is 0. The van der Waals surface area contributed by atoms with E-state index in [1.165, 1.54) is 24.3 Å². The number of phenolic OH excluding ortho intramolecular Hbond substituents is 1. The molecule has 0 spiro atoms. The lowest BCUT2D eigenvalue weighted by Crippen LogP contribution is -2.15. The lowest BCUT2D eigenvalue weighted by atomic mass is 10.1. The highest BCUT2D eigenvalue weighted by atomic mass is 16.6. The topological polar surface area (TPSA) is 136 Å². The fraction of sp³-hybridized carbons (Fsp3) is 0.0455. The molecule has 0 fully saturated rings. The number of nitro groups is 1. The Morgan fingerprint density at radius 3 is 2.26 bits per heavy atom. The van der Waals surface area contributed by atoms with Crippen LogP contribution >= 0.6 is 0 Å². The molecule has 0 radical (unpaired) electrons. The number of amides is 1. The molecule has 0 bridgehead atoms. The van der Waals surface area contributed by atoms with Crippen LogP contribution in [0.25, 0.3) is 0 Å². The number of phenols is 1. The van der Waals surface area contributed by atoms with Crippen LogP contribution in [0.4, 0.5) is 11.4 Å². The van der Waals surface area contributed by atoms with Crippen LogP contribution in [0.5, 0.6) is 5.75 Å². The van der Waals surface area contributed by atoms with E-state index in [0.717, 1.165) is 18.2 Å². The predicted octanol–water partition coefficient (Wildman–Crippen LogP) is 3.59. The number of non-ortho nitro benzene ring substituents is 1. The Hall–Kier alpha value is -4.53. The molecule has 0 aromatic heterocycles. The van der Waals surface area contributed by atoms with Gasteiger partial charge in [0.1, 0.15) is 11.3 Å². The standard InChI is InChI=1S/C22H16N2O7/c25-19-11-10-17(24(29)30)12-18(19)22(28)31-13-20(26)14-6-8-16(9-7-14)23-21(27)15-4-2-1-3-5-15/h1-12,25H,13H2,(H,23,27). The summed E-state index contributed by atoms with van der Waals surface area (Å²) in [6.45, 7) is -0.628. The number of ether oxygens (including phenoxy) is 1. The van der Waals surface area contributed by atoms with Gasteiger partial charge in [0.05, 0.1) is 4.92 Å². The number of rotatable bonds is 7. The van der Waals surface area contributed by atoms with E-state index in [4.69, 9.17) is 4.74 Å². The molecule has 1 amide bonds. The van der Waals surface area contributed by atoms with Gasteiger partial charge in [-0.1, -0.05) is 18.2 Å². The van der Waals surface area contributed by atoms with Gasteiger partial charge >= 0.3 is 5.97 Å². The smallest absolute Gasteiger partial charge is 0.342 e. The molecule has 9 heteroatoms. The van der Waals surface area contributed by atoms with Crippen LogP contribution in [0.3, 0.4) is 0 Å². The normalized spacial score (nSPS) is 10.2. The summed E-state index contributed by atoms with van der Waals surface area (Å²) < 4.78 is 4.87. The zero-order valence-electron chi connectivity index (χ0n) is 16.0. The van der Waals surface area contributed by atoms with Gasteiger partial charge in [-0.25, -0.2) is 4.79 Å². The average Bonchev–Trinajstić information content (AvgIpc) is 2.78. The largest absolute Gasteiger partial charge is 0.507 e. The number of nitro benzene ring substituents is 1. The third kappa shape index (κ3) is 5.30. The van der Waals surface area contributed by atoms with Gasteiger partial charge in [-0.15, -0.1) is 0 Å². The number of ketones is 1. The number of nitrogens with one attached hydrogen (secondary N) is 1. The second-order valence-electron chi connectivity index (χ2n) is 6.36. The van der Waals surface area contributed by atoms with E-state index in [9.17, 15) is 29.6 Å². The maximum absolute atomic E-state index is 12.3. The van der Waals surface area contributed by atoms with Gasteiger partial charge in [-0.05, 0) is 42.5 Å². The Labute approximate surface area is 176 Å². The van der Waals surface area contributed by atoms with Crippen molar-refractivity contribution in [3.8, 4) is 5.75 Å². The monoisotopic (exact) mass is 420 g/mol. The molecule has 0 aliphatic carbocycles. The van der Waals surface area contributed by atoms with E-state index in [0.29, 0.717) is 11.3 Å². The van der Waals surface area contributed by atoms with Crippen LogP contribution in [-0.4, -0.2) is 34.3 Å². The van der Waals surface area contributed by atoms with Crippen LogP contribution < -0.4 is 5.32 Å². The first kappa shape index (κ1) is 21.2. The highest BCUT2D eigenvalue weighted by molar-refractivity contribution is 6.05. The number of carbonyl (C=O) groups is 3. The molecule has 0 saturated carbocycles. The third-order valence-corrected chi connectivity index (χ3v) is 4.25. The van der Waals surface area contributed by atoms with E-state index in [-0.39, 0.29) is 11.5 Å². The fourth-order valence-electron chi connectivity index (χ4n) is 2.63. The number of aromatic hydroxyl groups is 1. The van der Waals surface area contributed by atoms with Crippen molar-refractivity contribution in [2.45, 2.75) is 0 Å². The summed E-state index contributed by atoms with van der Waals surface area (Å²) in [5.74, 6) is -2.40. The van der Waals surface area contributed by atoms with Crippen LogP contribution in [0, 0.1) is 10.1 Å². The fourth-order valence-corrected chi connectivity index (χ4v) is 2.63. The summed E-state index contributed by atoms with van der Waals surface area (Å²) in [7, 11) is 0. The van der Waals surface area contributed by atoms with Crippen LogP contribution in [-0.2, 0) is 4.74 Å². The Kier molecular flexibility index (Phi) is 6.36. The van der Waals surface area contributed by atoms with E-state index >= 15 is 0 Å². The molecule has 3 aromatic rings. The number of nitrogens with zero attached hydrogens (tertiary/aromatic N) is 1. The van der Waals surface area contributed by atoms with Gasteiger partial charge in [0.15, 0.2) is 12.4 Å². The highest BCUT2D eigenvalue weighted by Gasteiger charge is 2.19. The lowest BCUT2D eigenvalue weighted by molar-refractivity contribution is -0.384. The van der Waals surface area contributed by atoms with Crippen molar-refractivity contribution in [1.82, 2.24) is 0 Å². The van der Waals surface area contributed by atoms with Crippen molar-refractivity contribution in [2.24, 2.45) is 0 Å². The molecule has 2 N–H and O–H groups in total. The van der Waals surface area contributed by atoms with Gasteiger partial charge in [-0.3, -0.25) is 19.7 Å². The minimum Gasteiger partial charge on any atom is -0.507 e. The Morgan fingerprint density at radius 2 is 1.61 bits per heavy atom. The van der Waals surface area contributed by atoms with Crippen LogP contribution in [0.1, 0.15) is 31.1 Å². The van der Waals surface area contributed by atoms with Gasteiger partial charge in [0.25, 0.3) is 11.6 Å². The third-order valence-electron chi connectivity index (χ3n) is 4.25. The first-order valence-corrected chi connectivity index (χ1v) is 8.99. The minimum atomic E-state index is -1.07. The maximum atomic E-state index is 12.3. The molecule has 156 valence electrons. The van der Waals surface area contributed by atoms with Crippen molar-refractivity contribution in [3.05, 3.63) is 99.6 Å². The first-order chi connectivity index (χ1) is 14.8. The highest BCUT2D eigenvalue weighted by Crippen LogP contribution is 2.23. The van der Waals surface area contributed by atoms with Gasteiger partial charge in [-0.2, -0.15) is 0 Å². The molecule has 0 heterocycles. The predicted molar refractivity (Wildman–Crippen MR) is 110 cm³/mol. The maximum Gasteiger partial charge on any atom is 0.342 e. The SMILES string of the molecule is O=C(COC(=O)c1cc([N+](=O)[O-])ccc1O)c1ccc(NC(=O)c2ccccc2)cc1. The summed E-state index contributed by atoms with van der Waals surface area (Å²) in [5.41, 5.74) is 0.377. The second-order valence-corrected chi connectivity index (χ2v) is 6.36. The van der Waals surface area contributed by atoms with Gasteiger partial charge in [0, 0.05) is 28.9 Å². The van der Waals surface area contributed by atoms with Crippen molar-refractivity contribution in [2.75, 3.05) is 11.9 Å². The number of carbonyl (C=O) groups excluding carboxylic acids is 3. The number of Topliss-reactive ketones (excluding diaryl/α,β-unsaturated/α-hetero) is 1. The van der Waals surface area contributed by atoms with Gasteiger partial charge < -0.3 is 15.2 Å². The van der Waals surface area contributed by atoms with E-state index < -0.39 is 40.3 Å². The lowest BCUT2D eigenvalue weighted by Gasteiger charge is -2.08. The average molecular weight is 420 g/mol. The zero-order chi connectivity index (χ0) is 22.4. The zero-order valence-corrected chi connectivity index (χ0v) is 16.0. The molecular formula is C22H16N2O7. The molecule has 0 unspecified atom stereocenters. The Balaban J connectivity index is 1.60. The summed E-state index contributed by atoms with van der Waals surface area (Å²) in [4.78, 5) is 46.6. The molecule has 0 atom stereocenters. The van der Waals surface area contributed by atoms with E-state index in [1.54, 1.807) is 30.3 Å². The first-order valence-electron chi connectivity index (χ1n) is 8.99. The number of benzene rings is 3. The quantitative estimate of drug-likeness (QED) is 0.258. The van der Waals surface area contributed by atoms with Crippen LogP contribution in [0.15, 0.2) is 72.8 Å². The molecular weight excluding hydrogens is 404 g/mol. The summed E-state index contributed by atoms with van der Waals surface area (Å²) in [5, 5.41) is 23.2. The summed E-state index contributed by atoms with van der Waals surface area (Å²) >= 11 is 0. The molecule has 31 heavy (non-hydrogen) atoms. The molecule has 3 aromatic carbocycles. The number of anilines is 1. The van der Waals surface area contributed by atoms with Crippen molar-refractivity contribution in [3.63, 3.8) is 0 Å². The number of esters is 1. The number of hydrogen-bond acceptors (Lipinski definition) is 7. The molecule has 0 saturated heterocycles. The minimum absolute atomic E-state index is 0.230. The number of hydrogen-bond donors (Lipinski definition) is 2. The Bertz CT molecular complexity index is 1140. The second kappa shape index (κ2) is 9.31. The molecule has 0 aliphatic heterocycles. The van der Waals surface area contributed by atoms with Crippen molar-refractivity contribution < 1.29 is 29.2 Å². The summed E-state index contributed by atoms with van der Waals surface area (Å²) in [6, 6.07) is 17.5. The van der Waals surface area contributed by atoms with Gasteiger partial charge in [0.2, 0.25) is 0 Å². The van der Waals surface area contributed by atoms with Crippen LogP contribution in [0.2, 0.25) is 0 Å². The van der Waals surface area contributed by atoms with Crippen molar-refractivity contribution in [1.29, 1.82) is 0 Å². The molecule has 0 aliphatic rings. The Morgan fingerprint density at radius 1 is 0.935 bits per heavy atom.